The second kappa shape index (κ2) is 10.7. The summed E-state index contributed by atoms with van der Waals surface area (Å²) in [4.78, 5) is 39.3. The molecule has 164 valence electrons. The lowest BCUT2D eigenvalue weighted by Crippen LogP contribution is -2.23. The fourth-order valence-corrected chi connectivity index (χ4v) is 2.85. The summed E-state index contributed by atoms with van der Waals surface area (Å²) < 4.78 is 10.6. The van der Waals surface area contributed by atoms with Gasteiger partial charge in [-0.1, -0.05) is 18.2 Å². The van der Waals surface area contributed by atoms with Gasteiger partial charge >= 0.3 is 5.97 Å². The minimum Gasteiger partial charge on any atom is -0.487 e. The van der Waals surface area contributed by atoms with Crippen LogP contribution in [0.15, 0.2) is 66.9 Å². The minimum atomic E-state index is -0.733. The van der Waals surface area contributed by atoms with Crippen LogP contribution < -0.4 is 10.1 Å². The van der Waals surface area contributed by atoms with Crippen molar-refractivity contribution in [3.05, 3.63) is 99.4 Å². The van der Waals surface area contributed by atoms with E-state index in [1.54, 1.807) is 31.3 Å². The summed E-state index contributed by atoms with van der Waals surface area (Å²) in [5.74, 6) is -0.676. The normalized spacial score (nSPS) is 10.3. The molecular weight excluding hydrogens is 414 g/mol. The van der Waals surface area contributed by atoms with Gasteiger partial charge in [0.25, 0.3) is 11.6 Å². The molecule has 0 fully saturated rings. The summed E-state index contributed by atoms with van der Waals surface area (Å²) in [5.41, 5.74) is 1.12. The molecule has 0 aliphatic heterocycles. The average molecular weight is 435 g/mol. The van der Waals surface area contributed by atoms with Gasteiger partial charge in [0.15, 0.2) is 0 Å². The van der Waals surface area contributed by atoms with E-state index in [1.165, 1.54) is 6.07 Å². The Kier molecular flexibility index (Phi) is 7.47. The van der Waals surface area contributed by atoms with Crippen molar-refractivity contribution in [3.63, 3.8) is 0 Å². The van der Waals surface area contributed by atoms with Gasteiger partial charge in [-0.15, -0.1) is 0 Å². The van der Waals surface area contributed by atoms with E-state index < -0.39 is 16.8 Å². The predicted octanol–water partition coefficient (Wildman–Crippen LogP) is 3.68. The molecule has 0 aliphatic carbocycles. The molecule has 3 aromatic rings. The molecule has 1 amide bonds. The minimum absolute atomic E-state index is 0.00944. The molecular formula is C23H21N3O6. The first-order valence-electron chi connectivity index (χ1n) is 9.82. The van der Waals surface area contributed by atoms with E-state index >= 15 is 0 Å². The second-order valence-electron chi connectivity index (χ2n) is 6.69. The summed E-state index contributed by atoms with van der Waals surface area (Å²) in [6, 6.07) is 16.2. The molecule has 0 spiro atoms. The molecule has 0 bridgehead atoms. The van der Waals surface area contributed by atoms with Crippen molar-refractivity contribution in [2.24, 2.45) is 0 Å². The molecule has 1 N–H and O–H groups in total. The number of benzene rings is 2. The number of nitro benzene ring substituents is 1. The molecule has 0 unspecified atom stereocenters. The zero-order chi connectivity index (χ0) is 22.9. The van der Waals surface area contributed by atoms with Crippen LogP contribution in [0.4, 0.5) is 5.69 Å². The molecule has 0 aliphatic rings. The van der Waals surface area contributed by atoms with Crippen LogP contribution in [-0.4, -0.2) is 28.4 Å². The second-order valence-corrected chi connectivity index (χ2v) is 6.69. The number of pyridine rings is 1. The SMILES string of the molecule is CCOC(=O)c1cc(C(=O)NCc2cccc(OCc3ccccn3)c2)cc([N+](=O)[O-])c1. The first-order valence-corrected chi connectivity index (χ1v) is 9.82. The molecule has 2 aromatic carbocycles. The van der Waals surface area contributed by atoms with Crippen molar-refractivity contribution < 1.29 is 24.0 Å². The van der Waals surface area contributed by atoms with Crippen molar-refractivity contribution in [2.45, 2.75) is 20.1 Å². The highest BCUT2D eigenvalue weighted by molar-refractivity contribution is 5.99. The molecule has 32 heavy (non-hydrogen) atoms. The van der Waals surface area contributed by atoms with Gasteiger partial charge in [0.2, 0.25) is 0 Å². The molecule has 0 atom stereocenters. The van der Waals surface area contributed by atoms with Crippen molar-refractivity contribution in [1.82, 2.24) is 10.3 Å². The number of aromatic nitrogens is 1. The van der Waals surface area contributed by atoms with Crippen molar-refractivity contribution in [3.8, 4) is 5.75 Å². The fraction of sp³-hybridized carbons (Fsp3) is 0.174. The van der Waals surface area contributed by atoms with Gasteiger partial charge in [-0.05, 0) is 42.8 Å². The first kappa shape index (κ1) is 22.4. The number of carbonyl (C=O) groups is 2. The molecule has 1 heterocycles. The maximum Gasteiger partial charge on any atom is 0.338 e. The summed E-state index contributed by atoms with van der Waals surface area (Å²) in [5, 5.41) is 13.9. The van der Waals surface area contributed by atoms with Gasteiger partial charge in [0.1, 0.15) is 12.4 Å². The molecule has 0 saturated heterocycles. The lowest BCUT2D eigenvalue weighted by Gasteiger charge is -2.10. The van der Waals surface area contributed by atoms with E-state index in [0.717, 1.165) is 23.4 Å². The lowest BCUT2D eigenvalue weighted by molar-refractivity contribution is -0.384. The molecule has 0 saturated carbocycles. The Morgan fingerprint density at radius 1 is 1.06 bits per heavy atom. The van der Waals surface area contributed by atoms with Crippen molar-refractivity contribution >= 4 is 17.6 Å². The third-order valence-electron chi connectivity index (χ3n) is 4.37. The molecule has 3 rings (SSSR count). The standard InChI is InChI=1S/C23H21N3O6/c1-2-31-23(28)18-11-17(12-20(13-18)26(29)30)22(27)25-14-16-6-5-8-21(10-16)32-15-19-7-3-4-9-24-19/h3-13H,2,14-15H2,1H3,(H,25,27). The van der Waals surface area contributed by atoms with Gasteiger partial charge in [0, 0.05) is 30.4 Å². The maximum absolute atomic E-state index is 12.6. The number of nitrogens with zero attached hydrogens (tertiary/aromatic N) is 2. The monoisotopic (exact) mass is 435 g/mol. The number of nitro groups is 1. The van der Waals surface area contributed by atoms with Crippen LogP contribution in [0, 0.1) is 10.1 Å². The highest BCUT2D eigenvalue weighted by Gasteiger charge is 2.18. The number of hydrogen-bond acceptors (Lipinski definition) is 7. The number of amides is 1. The number of esters is 1. The van der Waals surface area contributed by atoms with Crippen LogP contribution in [0.3, 0.4) is 0 Å². The van der Waals surface area contributed by atoms with E-state index in [1.807, 2.05) is 24.3 Å². The number of ether oxygens (including phenoxy) is 2. The van der Waals surface area contributed by atoms with Crippen molar-refractivity contribution in [2.75, 3.05) is 6.61 Å². The third kappa shape index (κ3) is 6.11. The molecule has 9 nitrogen and oxygen atoms in total. The lowest BCUT2D eigenvalue weighted by atomic mass is 10.1. The summed E-state index contributed by atoms with van der Waals surface area (Å²) in [6.45, 7) is 2.21. The van der Waals surface area contributed by atoms with Crippen molar-refractivity contribution in [1.29, 1.82) is 0 Å². The van der Waals surface area contributed by atoms with E-state index in [4.69, 9.17) is 9.47 Å². The van der Waals surface area contributed by atoms with E-state index in [9.17, 15) is 19.7 Å². The summed E-state index contributed by atoms with van der Waals surface area (Å²) >= 11 is 0. The quantitative estimate of drug-likeness (QED) is 0.309. The van der Waals surface area contributed by atoms with Gasteiger partial charge in [-0.3, -0.25) is 19.9 Å². The number of carbonyl (C=O) groups excluding carboxylic acids is 2. The Bertz CT molecular complexity index is 1120. The largest absolute Gasteiger partial charge is 0.487 e. The summed E-state index contributed by atoms with van der Waals surface area (Å²) in [7, 11) is 0. The molecule has 1 aromatic heterocycles. The first-order chi connectivity index (χ1) is 15.5. The Hall–Kier alpha value is -4.27. The van der Waals surface area contributed by atoms with Gasteiger partial charge < -0.3 is 14.8 Å². The van der Waals surface area contributed by atoms with Crippen LogP contribution >= 0.6 is 0 Å². The Morgan fingerprint density at radius 2 is 1.88 bits per heavy atom. The number of nitrogens with one attached hydrogen (secondary N) is 1. The average Bonchev–Trinajstić information content (AvgIpc) is 2.82. The number of hydrogen-bond donors (Lipinski definition) is 1. The Labute approximate surface area is 184 Å². The van der Waals surface area contributed by atoms with Gasteiger partial charge in [-0.2, -0.15) is 0 Å². The van der Waals surface area contributed by atoms with E-state index in [2.05, 4.69) is 10.3 Å². The number of non-ortho nitro benzene ring substituents is 1. The zero-order valence-electron chi connectivity index (χ0n) is 17.3. The predicted molar refractivity (Wildman–Crippen MR) is 115 cm³/mol. The van der Waals surface area contributed by atoms with Crippen LogP contribution in [0.25, 0.3) is 0 Å². The van der Waals surface area contributed by atoms with Gasteiger partial charge in [-0.25, -0.2) is 4.79 Å². The molecule has 9 heteroatoms. The maximum atomic E-state index is 12.6. The zero-order valence-corrected chi connectivity index (χ0v) is 17.3. The van der Waals surface area contributed by atoms with Gasteiger partial charge in [0.05, 0.1) is 22.8 Å². The van der Waals surface area contributed by atoms with E-state index in [-0.39, 0.29) is 30.0 Å². The molecule has 0 radical (unpaired) electrons. The van der Waals surface area contributed by atoms with Crippen LogP contribution in [0.5, 0.6) is 5.75 Å². The Morgan fingerprint density at radius 3 is 2.59 bits per heavy atom. The topological polar surface area (TPSA) is 121 Å². The third-order valence-corrected chi connectivity index (χ3v) is 4.37. The smallest absolute Gasteiger partial charge is 0.338 e. The fourth-order valence-electron chi connectivity index (χ4n) is 2.85. The highest BCUT2D eigenvalue weighted by Crippen LogP contribution is 2.19. The van der Waals surface area contributed by atoms with Crippen LogP contribution in [-0.2, 0) is 17.9 Å². The van der Waals surface area contributed by atoms with E-state index in [0.29, 0.717) is 12.4 Å². The highest BCUT2D eigenvalue weighted by atomic mass is 16.6. The Balaban J connectivity index is 1.67. The summed E-state index contributed by atoms with van der Waals surface area (Å²) in [6.07, 6.45) is 1.69. The van der Waals surface area contributed by atoms with Crippen LogP contribution in [0.1, 0.15) is 38.9 Å². The number of rotatable bonds is 9. The van der Waals surface area contributed by atoms with Crippen LogP contribution in [0.2, 0.25) is 0 Å².